The molecule has 0 bridgehead atoms. The molecule has 7 nitrogen and oxygen atoms in total. The molecule has 0 aliphatic rings. The van der Waals surface area contributed by atoms with E-state index in [0.29, 0.717) is 6.07 Å². The Bertz CT molecular complexity index is 757. The highest BCUT2D eigenvalue weighted by atomic mass is 19.1. The van der Waals surface area contributed by atoms with Crippen molar-refractivity contribution in [2.24, 2.45) is 0 Å². The third kappa shape index (κ3) is 3.69. The fraction of sp³-hybridized carbons (Fsp3) is 0.214. The average Bonchev–Trinajstić information content (AvgIpc) is 2.94. The van der Waals surface area contributed by atoms with Gasteiger partial charge in [-0.2, -0.15) is 0 Å². The fourth-order valence-corrected chi connectivity index (χ4v) is 1.91. The number of carbonyl (C=O) groups excluding carboxylic acids is 1. The minimum absolute atomic E-state index is 0.204. The number of benzene rings is 1. The normalized spacial score (nSPS) is 13.4. The third-order valence-electron chi connectivity index (χ3n) is 3.10. The highest BCUT2D eigenvalue weighted by Gasteiger charge is 2.28. The first-order valence-electron chi connectivity index (χ1n) is 6.41. The maximum absolute atomic E-state index is 13.7. The average molecular weight is 326 g/mol. The maximum atomic E-state index is 13.7. The molecule has 1 atom stereocenters. The van der Waals surface area contributed by atoms with Gasteiger partial charge in [-0.05, 0) is 19.1 Å². The van der Waals surface area contributed by atoms with E-state index < -0.39 is 40.5 Å². The first-order chi connectivity index (χ1) is 10.7. The van der Waals surface area contributed by atoms with Crippen LogP contribution in [0.2, 0.25) is 0 Å². The van der Waals surface area contributed by atoms with Crippen molar-refractivity contribution in [3.05, 3.63) is 63.4 Å². The van der Waals surface area contributed by atoms with Crippen molar-refractivity contribution in [1.29, 1.82) is 0 Å². The standard InChI is InChI=1S/C14H12F2N2O5/c1-14(20,9-3-2-8(15)6-10(9)16)7-17-13(19)11-4-5-12(23-11)18(21)22/h2-6,20H,7H2,1H3,(H,17,19). The number of nitrogens with one attached hydrogen (secondary N) is 1. The monoisotopic (exact) mass is 326 g/mol. The second-order valence-corrected chi connectivity index (χ2v) is 4.98. The maximum Gasteiger partial charge on any atom is 0.433 e. The lowest BCUT2D eigenvalue weighted by Crippen LogP contribution is -2.39. The zero-order valence-corrected chi connectivity index (χ0v) is 11.9. The largest absolute Gasteiger partial charge is 0.433 e. The van der Waals surface area contributed by atoms with Crippen LogP contribution in [-0.4, -0.2) is 22.5 Å². The number of hydrogen-bond donors (Lipinski definition) is 2. The van der Waals surface area contributed by atoms with Crippen molar-refractivity contribution < 1.29 is 28.0 Å². The van der Waals surface area contributed by atoms with E-state index in [1.165, 1.54) is 6.92 Å². The van der Waals surface area contributed by atoms with Gasteiger partial charge in [-0.3, -0.25) is 14.9 Å². The van der Waals surface area contributed by atoms with E-state index in [0.717, 1.165) is 24.3 Å². The third-order valence-corrected chi connectivity index (χ3v) is 3.10. The van der Waals surface area contributed by atoms with Gasteiger partial charge in [0.15, 0.2) is 5.76 Å². The molecule has 0 aliphatic carbocycles. The Morgan fingerprint density at radius 2 is 2.09 bits per heavy atom. The number of amides is 1. The van der Waals surface area contributed by atoms with E-state index in [4.69, 9.17) is 4.42 Å². The van der Waals surface area contributed by atoms with Crippen molar-refractivity contribution in [3.63, 3.8) is 0 Å². The molecule has 122 valence electrons. The fourth-order valence-electron chi connectivity index (χ4n) is 1.91. The summed E-state index contributed by atoms with van der Waals surface area (Å²) in [5, 5.41) is 23.0. The van der Waals surface area contributed by atoms with Gasteiger partial charge in [-0.15, -0.1) is 0 Å². The molecule has 23 heavy (non-hydrogen) atoms. The summed E-state index contributed by atoms with van der Waals surface area (Å²) in [6.07, 6.45) is 0. The van der Waals surface area contributed by atoms with Gasteiger partial charge in [0.2, 0.25) is 0 Å². The molecule has 1 aromatic carbocycles. The van der Waals surface area contributed by atoms with Crippen LogP contribution in [0.1, 0.15) is 23.0 Å². The Labute approximate surface area is 128 Å². The number of nitro groups is 1. The lowest BCUT2D eigenvalue weighted by Gasteiger charge is -2.24. The molecule has 0 saturated heterocycles. The van der Waals surface area contributed by atoms with E-state index in [1.807, 2.05) is 0 Å². The Balaban J connectivity index is 2.08. The van der Waals surface area contributed by atoms with E-state index in [-0.39, 0.29) is 11.3 Å². The molecule has 0 spiro atoms. The van der Waals surface area contributed by atoms with E-state index >= 15 is 0 Å². The second kappa shape index (κ2) is 6.13. The molecule has 1 amide bonds. The van der Waals surface area contributed by atoms with Crippen LogP contribution in [0.15, 0.2) is 34.7 Å². The van der Waals surface area contributed by atoms with Crippen LogP contribution in [0.4, 0.5) is 14.7 Å². The number of nitrogens with zero attached hydrogens (tertiary/aromatic N) is 1. The molecule has 0 aliphatic heterocycles. The second-order valence-electron chi connectivity index (χ2n) is 4.98. The van der Waals surface area contributed by atoms with Gasteiger partial charge in [0.25, 0.3) is 5.91 Å². The predicted octanol–water partition coefficient (Wildman–Crippen LogP) is 2.10. The van der Waals surface area contributed by atoms with Crippen molar-refractivity contribution in [2.75, 3.05) is 6.54 Å². The lowest BCUT2D eigenvalue weighted by molar-refractivity contribution is -0.402. The van der Waals surface area contributed by atoms with Crippen LogP contribution >= 0.6 is 0 Å². The predicted molar refractivity (Wildman–Crippen MR) is 73.6 cm³/mol. The number of aliphatic hydroxyl groups is 1. The van der Waals surface area contributed by atoms with Crippen molar-refractivity contribution >= 4 is 11.8 Å². The van der Waals surface area contributed by atoms with Crippen molar-refractivity contribution in [2.45, 2.75) is 12.5 Å². The first kappa shape index (κ1) is 16.6. The Morgan fingerprint density at radius 3 is 2.65 bits per heavy atom. The summed E-state index contributed by atoms with van der Waals surface area (Å²) in [5.74, 6) is -3.51. The van der Waals surface area contributed by atoms with Crippen LogP contribution in [-0.2, 0) is 5.60 Å². The Hall–Kier alpha value is -2.81. The van der Waals surface area contributed by atoms with Gasteiger partial charge >= 0.3 is 5.88 Å². The van der Waals surface area contributed by atoms with Gasteiger partial charge in [-0.25, -0.2) is 8.78 Å². The molecule has 1 aromatic heterocycles. The molecule has 0 fully saturated rings. The number of hydrogen-bond acceptors (Lipinski definition) is 5. The summed E-state index contributed by atoms with van der Waals surface area (Å²) in [5.41, 5.74) is -2.02. The van der Waals surface area contributed by atoms with Crippen LogP contribution in [0.25, 0.3) is 0 Å². The number of rotatable bonds is 5. The summed E-state index contributed by atoms with van der Waals surface area (Å²) in [4.78, 5) is 21.5. The SMILES string of the molecule is CC(O)(CNC(=O)c1ccc([N+](=O)[O-])o1)c1ccc(F)cc1F. The van der Waals surface area contributed by atoms with Gasteiger partial charge in [-0.1, -0.05) is 6.07 Å². The van der Waals surface area contributed by atoms with E-state index in [2.05, 4.69) is 5.32 Å². The van der Waals surface area contributed by atoms with Crippen molar-refractivity contribution in [3.8, 4) is 0 Å². The quantitative estimate of drug-likeness (QED) is 0.646. The first-order valence-corrected chi connectivity index (χ1v) is 6.41. The van der Waals surface area contributed by atoms with Gasteiger partial charge in [0, 0.05) is 11.6 Å². The van der Waals surface area contributed by atoms with E-state index in [1.54, 1.807) is 0 Å². The van der Waals surface area contributed by atoms with Gasteiger partial charge < -0.3 is 14.8 Å². The molecule has 1 heterocycles. The zero-order valence-electron chi connectivity index (χ0n) is 11.9. The molecule has 0 radical (unpaired) electrons. The summed E-state index contributed by atoms with van der Waals surface area (Å²) in [6, 6.07) is 4.76. The van der Waals surface area contributed by atoms with Gasteiger partial charge in [0.05, 0.1) is 12.6 Å². The topological polar surface area (TPSA) is 106 Å². The van der Waals surface area contributed by atoms with Crippen LogP contribution in [0.5, 0.6) is 0 Å². The minimum Gasteiger partial charge on any atom is -0.395 e. The summed E-state index contributed by atoms with van der Waals surface area (Å²) < 4.78 is 31.3. The molecule has 0 saturated carbocycles. The molecular weight excluding hydrogens is 314 g/mol. The number of halogens is 2. The number of carbonyl (C=O) groups is 1. The Morgan fingerprint density at radius 1 is 1.39 bits per heavy atom. The molecular formula is C14H12F2N2O5. The summed E-state index contributed by atoms with van der Waals surface area (Å²) in [6.45, 7) is 0.817. The van der Waals surface area contributed by atoms with Gasteiger partial charge in [0.1, 0.15) is 22.2 Å². The molecule has 2 N–H and O–H groups in total. The molecule has 1 unspecified atom stereocenters. The number of furan rings is 1. The highest BCUT2D eigenvalue weighted by Crippen LogP contribution is 2.24. The molecule has 2 rings (SSSR count). The molecule has 9 heteroatoms. The summed E-state index contributed by atoms with van der Waals surface area (Å²) >= 11 is 0. The van der Waals surface area contributed by atoms with Crippen LogP contribution in [0.3, 0.4) is 0 Å². The Kier molecular flexibility index (Phi) is 4.41. The lowest BCUT2D eigenvalue weighted by atomic mass is 9.95. The smallest absolute Gasteiger partial charge is 0.395 e. The summed E-state index contributed by atoms with van der Waals surface area (Å²) in [7, 11) is 0. The van der Waals surface area contributed by atoms with Crippen LogP contribution < -0.4 is 5.32 Å². The van der Waals surface area contributed by atoms with E-state index in [9.17, 15) is 28.8 Å². The molecule has 2 aromatic rings. The minimum atomic E-state index is -1.81. The zero-order chi connectivity index (χ0) is 17.2. The van der Waals surface area contributed by atoms with Crippen molar-refractivity contribution in [1.82, 2.24) is 5.32 Å². The highest BCUT2D eigenvalue weighted by molar-refractivity contribution is 5.91. The van der Waals surface area contributed by atoms with Crippen LogP contribution in [0, 0.1) is 21.7 Å².